The molecule has 4 atom stereocenters. The highest BCUT2D eigenvalue weighted by Gasteiger charge is 2.59. The molecule has 1 aromatic carbocycles. The van der Waals surface area contributed by atoms with Crippen molar-refractivity contribution in [2.24, 2.45) is 16.7 Å². The van der Waals surface area contributed by atoms with Crippen LogP contribution < -0.4 is 4.74 Å². The van der Waals surface area contributed by atoms with Gasteiger partial charge in [0.25, 0.3) is 0 Å². The lowest BCUT2D eigenvalue weighted by Gasteiger charge is -2.57. The molecule has 0 saturated heterocycles. The molecule has 0 amide bonds. The number of ketones is 2. The molecule has 5 aliphatic carbocycles. The number of hydrogen-bond acceptors (Lipinski definition) is 3. The highest BCUT2D eigenvalue weighted by Crippen LogP contribution is 2.68. The van der Waals surface area contributed by atoms with E-state index in [4.69, 9.17) is 4.74 Å². The van der Waals surface area contributed by atoms with Gasteiger partial charge >= 0.3 is 0 Å². The summed E-state index contributed by atoms with van der Waals surface area (Å²) in [6.07, 6.45) is 9.22. The Morgan fingerprint density at radius 2 is 1.97 bits per heavy atom. The predicted octanol–water partition coefficient (Wildman–Crippen LogP) is 5.09. The predicted molar refractivity (Wildman–Crippen MR) is 111 cm³/mol. The maximum Gasteiger partial charge on any atom is 0.155 e. The zero-order valence-electron chi connectivity index (χ0n) is 17.3. The van der Waals surface area contributed by atoms with E-state index in [0.29, 0.717) is 29.8 Å². The molecule has 0 radical (unpaired) electrons. The summed E-state index contributed by atoms with van der Waals surface area (Å²) in [6, 6.07) is 6.52. The van der Waals surface area contributed by atoms with Gasteiger partial charge in [0.05, 0.1) is 7.11 Å². The largest absolute Gasteiger partial charge is 0.497 e. The van der Waals surface area contributed by atoms with Crippen LogP contribution in [0.2, 0.25) is 0 Å². The van der Waals surface area contributed by atoms with Crippen molar-refractivity contribution in [1.29, 1.82) is 0 Å². The SMILES string of the molecule is COc1ccc2c(c1)C[C@]13CCC(=O)C=C1CCC1=C3C2C[C@]2(C)C(=O)CC[C@@H]12. The standard InChI is InChI=1S/C26H28O3/c1-25-14-21-19-6-4-18(29-2)11-15(19)13-26-10-9-17(27)12-16(26)3-5-20(24(21)26)22(25)7-8-23(25)28/h4,6,11-12,21-22H,3,5,7-10,13-14H2,1-2H3/t21?,22-,25-,26+/m0/s1. The average molecular weight is 389 g/mol. The highest BCUT2D eigenvalue weighted by atomic mass is 16.5. The van der Waals surface area contributed by atoms with Crippen LogP contribution in [0.4, 0.5) is 0 Å². The Labute approximate surface area is 172 Å². The number of benzene rings is 1. The number of hydrogen-bond donors (Lipinski definition) is 0. The van der Waals surface area contributed by atoms with Gasteiger partial charge in [0.1, 0.15) is 11.5 Å². The topological polar surface area (TPSA) is 43.4 Å². The first-order valence-corrected chi connectivity index (χ1v) is 11.1. The third kappa shape index (κ3) is 2.14. The quantitative estimate of drug-likeness (QED) is 0.630. The fraction of sp³-hybridized carbons (Fsp3) is 0.538. The number of ether oxygens (including phenoxy) is 1. The lowest BCUT2D eigenvalue weighted by molar-refractivity contribution is -0.126. The van der Waals surface area contributed by atoms with Crippen LogP contribution in [0, 0.1) is 16.7 Å². The van der Waals surface area contributed by atoms with Crippen LogP contribution in [0.25, 0.3) is 0 Å². The van der Waals surface area contributed by atoms with Crippen LogP contribution in [-0.4, -0.2) is 18.7 Å². The van der Waals surface area contributed by atoms with Gasteiger partial charge in [-0.15, -0.1) is 0 Å². The zero-order chi connectivity index (χ0) is 20.0. The molecule has 1 aromatic rings. The molecule has 6 rings (SSSR count). The minimum Gasteiger partial charge on any atom is -0.497 e. The highest BCUT2D eigenvalue weighted by molar-refractivity contribution is 5.92. The fourth-order valence-electron chi connectivity index (χ4n) is 7.66. The Balaban J connectivity index is 1.64. The number of allylic oxidation sites excluding steroid dienone is 4. The van der Waals surface area contributed by atoms with Crippen LogP contribution in [-0.2, 0) is 16.0 Å². The third-order valence-electron chi connectivity index (χ3n) is 8.95. The lowest BCUT2D eigenvalue weighted by atomic mass is 9.46. The summed E-state index contributed by atoms with van der Waals surface area (Å²) in [5.74, 6) is 2.37. The van der Waals surface area contributed by atoms with Gasteiger partial charge in [0, 0.05) is 29.6 Å². The van der Waals surface area contributed by atoms with Crippen LogP contribution in [0.1, 0.15) is 68.9 Å². The Morgan fingerprint density at radius 1 is 1.10 bits per heavy atom. The van der Waals surface area contributed by atoms with E-state index in [9.17, 15) is 9.59 Å². The van der Waals surface area contributed by atoms with Gasteiger partial charge in [-0.3, -0.25) is 9.59 Å². The fourth-order valence-corrected chi connectivity index (χ4v) is 7.66. The minimum atomic E-state index is -0.217. The van der Waals surface area contributed by atoms with Gasteiger partial charge in [0.2, 0.25) is 0 Å². The first-order valence-electron chi connectivity index (χ1n) is 11.1. The summed E-state index contributed by atoms with van der Waals surface area (Å²) in [5.41, 5.74) is 7.08. The molecule has 150 valence electrons. The number of carbonyl (C=O) groups is 2. The Morgan fingerprint density at radius 3 is 2.79 bits per heavy atom. The summed E-state index contributed by atoms with van der Waals surface area (Å²) < 4.78 is 5.54. The van der Waals surface area contributed by atoms with Crippen LogP contribution in [0.5, 0.6) is 5.75 Å². The van der Waals surface area contributed by atoms with E-state index in [2.05, 4.69) is 25.1 Å². The van der Waals surface area contributed by atoms with Gasteiger partial charge in [-0.25, -0.2) is 0 Å². The van der Waals surface area contributed by atoms with Crippen LogP contribution in [0.15, 0.2) is 41.0 Å². The zero-order valence-corrected chi connectivity index (χ0v) is 17.3. The monoisotopic (exact) mass is 388 g/mol. The second-order valence-electron chi connectivity index (χ2n) is 10.1. The van der Waals surface area contributed by atoms with Gasteiger partial charge in [0.15, 0.2) is 5.78 Å². The van der Waals surface area contributed by atoms with Crippen molar-refractivity contribution < 1.29 is 14.3 Å². The summed E-state index contributed by atoms with van der Waals surface area (Å²) in [6.45, 7) is 2.23. The molecule has 29 heavy (non-hydrogen) atoms. The van der Waals surface area contributed by atoms with E-state index < -0.39 is 0 Å². The molecule has 0 aromatic heterocycles. The molecule has 1 unspecified atom stereocenters. The second-order valence-corrected chi connectivity index (χ2v) is 10.1. The summed E-state index contributed by atoms with van der Waals surface area (Å²) in [7, 11) is 1.72. The third-order valence-corrected chi connectivity index (χ3v) is 8.95. The minimum absolute atomic E-state index is 0.00150. The van der Waals surface area contributed by atoms with E-state index in [1.807, 2.05) is 6.08 Å². The molecule has 3 heteroatoms. The van der Waals surface area contributed by atoms with Crippen molar-refractivity contribution in [3.8, 4) is 5.75 Å². The average Bonchev–Trinajstić information content (AvgIpc) is 3.02. The molecule has 5 aliphatic rings. The van der Waals surface area contributed by atoms with Crippen molar-refractivity contribution >= 4 is 11.6 Å². The summed E-state index contributed by atoms with van der Waals surface area (Å²) in [4.78, 5) is 25.3. The molecule has 3 nitrogen and oxygen atoms in total. The molecular weight excluding hydrogens is 360 g/mol. The normalized spacial score (nSPS) is 37.4. The van der Waals surface area contributed by atoms with E-state index in [0.717, 1.165) is 50.7 Å². The van der Waals surface area contributed by atoms with Crippen LogP contribution in [0.3, 0.4) is 0 Å². The van der Waals surface area contributed by atoms with Gasteiger partial charge in [-0.2, -0.15) is 0 Å². The Bertz CT molecular complexity index is 1030. The summed E-state index contributed by atoms with van der Waals surface area (Å²) in [5, 5.41) is 0. The van der Waals surface area contributed by atoms with Gasteiger partial charge in [-0.1, -0.05) is 29.7 Å². The Hall–Kier alpha value is -2.16. The number of fused-ring (bicyclic) bond motifs is 4. The number of Topliss-reactive ketones (excluding diaryl/α,β-unsaturated/α-hetero) is 1. The number of rotatable bonds is 1. The van der Waals surface area contributed by atoms with Crippen molar-refractivity contribution in [1.82, 2.24) is 0 Å². The molecule has 1 saturated carbocycles. The second kappa shape index (κ2) is 5.71. The molecule has 0 bridgehead atoms. The molecule has 1 fully saturated rings. The maximum absolute atomic E-state index is 13.0. The smallest absolute Gasteiger partial charge is 0.155 e. The van der Waals surface area contributed by atoms with Gasteiger partial charge in [-0.05, 0) is 73.8 Å². The molecule has 0 aliphatic heterocycles. The molecule has 0 heterocycles. The van der Waals surface area contributed by atoms with Gasteiger partial charge < -0.3 is 4.74 Å². The van der Waals surface area contributed by atoms with Crippen molar-refractivity contribution in [2.45, 2.75) is 64.2 Å². The Kier molecular flexibility index (Phi) is 3.48. The lowest BCUT2D eigenvalue weighted by Crippen LogP contribution is -2.48. The van der Waals surface area contributed by atoms with E-state index in [-0.39, 0.29) is 10.8 Å². The first-order chi connectivity index (χ1) is 14.0. The number of methoxy groups -OCH3 is 1. The van der Waals surface area contributed by atoms with Crippen molar-refractivity contribution in [3.63, 3.8) is 0 Å². The molecule has 1 spiro atoms. The molecule has 0 N–H and O–H groups in total. The maximum atomic E-state index is 13.0. The summed E-state index contributed by atoms with van der Waals surface area (Å²) >= 11 is 0. The van der Waals surface area contributed by atoms with E-state index in [1.54, 1.807) is 18.3 Å². The first kappa shape index (κ1) is 17.7. The van der Waals surface area contributed by atoms with Crippen molar-refractivity contribution in [2.75, 3.05) is 7.11 Å². The number of carbonyl (C=O) groups excluding carboxylic acids is 2. The van der Waals surface area contributed by atoms with Crippen molar-refractivity contribution in [3.05, 3.63) is 52.1 Å². The van der Waals surface area contributed by atoms with E-state index in [1.165, 1.54) is 16.7 Å². The van der Waals surface area contributed by atoms with E-state index >= 15 is 0 Å². The molecular formula is C26H28O3. The van der Waals surface area contributed by atoms with Crippen LogP contribution >= 0.6 is 0 Å².